The predicted molar refractivity (Wildman–Crippen MR) is 131 cm³/mol. The Hall–Kier alpha value is -3.53. The molecule has 2 amide bonds. The van der Waals surface area contributed by atoms with Crippen LogP contribution < -0.4 is 15.5 Å². The molecule has 0 radical (unpaired) electrons. The van der Waals surface area contributed by atoms with Gasteiger partial charge in [0.15, 0.2) is 9.84 Å². The normalized spacial score (nSPS) is 11.9. The van der Waals surface area contributed by atoms with Crippen LogP contribution in [0.2, 0.25) is 0 Å². The number of hydrogen-bond donors (Lipinski definition) is 2. The molecule has 0 heterocycles. The summed E-state index contributed by atoms with van der Waals surface area (Å²) >= 11 is 0. The van der Waals surface area contributed by atoms with Crippen molar-refractivity contribution in [1.29, 1.82) is 0 Å². The van der Waals surface area contributed by atoms with E-state index in [1.54, 1.807) is 43.4 Å². The van der Waals surface area contributed by atoms with Crippen molar-refractivity contribution in [1.82, 2.24) is 0 Å². The van der Waals surface area contributed by atoms with Crippen molar-refractivity contribution in [3.8, 4) is 0 Å². The zero-order chi connectivity index (χ0) is 25.8. The average Bonchev–Trinajstić information content (AvgIpc) is 2.78. The molecule has 0 aliphatic heterocycles. The number of amides is 2. The maximum absolute atomic E-state index is 13.0. The maximum Gasteiger partial charge on any atom is 0.416 e. The Balaban J connectivity index is 1.90. The van der Waals surface area contributed by atoms with Crippen LogP contribution >= 0.6 is 0 Å². The number of rotatable bonds is 7. The van der Waals surface area contributed by atoms with Crippen LogP contribution in [0.4, 0.5) is 35.0 Å². The third-order valence-corrected chi connectivity index (χ3v) is 7.06. The average molecular weight is 506 g/mol. The largest absolute Gasteiger partial charge is 0.416 e. The number of nitrogens with zero attached hydrogens (tertiary/aromatic N) is 1. The van der Waals surface area contributed by atoms with Crippen molar-refractivity contribution in [2.45, 2.75) is 36.7 Å². The predicted octanol–water partition coefficient (Wildman–Crippen LogP) is 6.17. The van der Waals surface area contributed by atoms with Gasteiger partial charge in [-0.25, -0.2) is 13.2 Å². The van der Waals surface area contributed by atoms with E-state index in [-0.39, 0.29) is 28.1 Å². The first kappa shape index (κ1) is 26.1. The summed E-state index contributed by atoms with van der Waals surface area (Å²) in [6.45, 7) is 3.85. The van der Waals surface area contributed by atoms with Gasteiger partial charge in [-0.2, -0.15) is 13.2 Å². The summed E-state index contributed by atoms with van der Waals surface area (Å²) in [7, 11) is -1.94. The van der Waals surface area contributed by atoms with Crippen LogP contribution in [-0.2, 0) is 21.8 Å². The standard InChI is InChI=1S/C25H26F3N3O3S/c1-17(2)31(3)23-13-12-21(35(33,34)16-18-8-5-4-6-9-18)15-22(23)30-24(32)29-20-11-7-10-19(14-20)25(26,27)28/h4-15,17H,16H2,1-3H3,(H2,29,30,32). The molecule has 6 nitrogen and oxygen atoms in total. The number of urea groups is 1. The fraction of sp³-hybridized carbons (Fsp3) is 0.240. The van der Waals surface area contributed by atoms with E-state index >= 15 is 0 Å². The molecule has 0 aliphatic rings. The molecule has 2 N–H and O–H groups in total. The number of carbonyl (C=O) groups excluding carboxylic acids is 1. The first-order valence-corrected chi connectivity index (χ1v) is 12.4. The van der Waals surface area contributed by atoms with Gasteiger partial charge in [-0.1, -0.05) is 36.4 Å². The Labute approximate surface area is 202 Å². The van der Waals surface area contributed by atoms with Crippen LogP contribution in [0.25, 0.3) is 0 Å². The van der Waals surface area contributed by atoms with E-state index in [0.29, 0.717) is 11.3 Å². The van der Waals surface area contributed by atoms with Gasteiger partial charge >= 0.3 is 12.2 Å². The Morgan fingerprint density at radius 2 is 1.63 bits per heavy atom. The highest BCUT2D eigenvalue weighted by atomic mass is 32.2. The molecule has 3 aromatic carbocycles. The number of nitrogens with one attached hydrogen (secondary N) is 2. The van der Waals surface area contributed by atoms with Crippen molar-refractivity contribution in [3.05, 3.63) is 83.9 Å². The fourth-order valence-corrected chi connectivity index (χ4v) is 4.70. The zero-order valence-electron chi connectivity index (χ0n) is 19.4. The summed E-state index contributed by atoms with van der Waals surface area (Å²) in [5.74, 6) is -0.219. The molecule has 10 heteroatoms. The van der Waals surface area contributed by atoms with Crippen molar-refractivity contribution in [2.24, 2.45) is 0 Å². The molecular weight excluding hydrogens is 479 g/mol. The third-order valence-electron chi connectivity index (χ3n) is 5.38. The van der Waals surface area contributed by atoms with Gasteiger partial charge in [0.05, 0.1) is 27.6 Å². The van der Waals surface area contributed by atoms with E-state index in [1.807, 2.05) is 18.7 Å². The van der Waals surface area contributed by atoms with E-state index in [1.165, 1.54) is 24.3 Å². The summed E-state index contributed by atoms with van der Waals surface area (Å²) in [4.78, 5) is 14.5. The van der Waals surface area contributed by atoms with Crippen LogP contribution in [0.1, 0.15) is 25.0 Å². The molecule has 0 aromatic heterocycles. The monoisotopic (exact) mass is 505 g/mol. The third kappa shape index (κ3) is 6.75. The summed E-state index contributed by atoms with van der Waals surface area (Å²) in [5.41, 5.74) is 0.429. The Morgan fingerprint density at radius 3 is 2.26 bits per heavy atom. The molecule has 0 bridgehead atoms. The van der Waals surface area contributed by atoms with Crippen LogP contribution in [-0.4, -0.2) is 27.5 Å². The zero-order valence-corrected chi connectivity index (χ0v) is 20.2. The molecule has 0 atom stereocenters. The quantitative estimate of drug-likeness (QED) is 0.403. The van der Waals surface area contributed by atoms with Crippen molar-refractivity contribution in [3.63, 3.8) is 0 Å². The summed E-state index contributed by atoms with van der Waals surface area (Å²) in [6.07, 6.45) is -4.55. The molecule has 35 heavy (non-hydrogen) atoms. The first-order chi connectivity index (χ1) is 16.4. The highest BCUT2D eigenvalue weighted by molar-refractivity contribution is 7.90. The lowest BCUT2D eigenvalue weighted by atomic mass is 10.2. The molecule has 0 fully saturated rings. The number of sulfone groups is 1. The number of alkyl halides is 3. The first-order valence-electron chi connectivity index (χ1n) is 10.8. The number of benzene rings is 3. The second-order valence-electron chi connectivity index (χ2n) is 8.29. The summed E-state index contributed by atoms with van der Waals surface area (Å²) in [6, 6.07) is 16.6. The number of halogens is 3. The van der Waals surface area contributed by atoms with Gasteiger partial charge in [-0.15, -0.1) is 0 Å². The summed E-state index contributed by atoms with van der Waals surface area (Å²) < 4.78 is 65.0. The van der Waals surface area contributed by atoms with E-state index < -0.39 is 27.6 Å². The van der Waals surface area contributed by atoms with Crippen molar-refractivity contribution in [2.75, 3.05) is 22.6 Å². The lowest BCUT2D eigenvalue weighted by Crippen LogP contribution is -2.28. The molecule has 3 rings (SSSR count). The minimum Gasteiger partial charge on any atom is -0.370 e. The minimum atomic E-state index is -4.55. The molecule has 0 saturated carbocycles. The highest BCUT2D eigenvalue weighted by Crippen LogP contribution is 2.32. The van der Waals surface area contributed by atoms with E-state index in [0.717, 1.165) is 12.1 Å². The topological polar surface area (TPSA) is 78.5 Å². The van der Waals surface area contributed by atoms with Crippen LogP contribution in [0.15, 0.2) is 77.7 Å². The smallest absolute Gasteiger partial charge is 0.370 e. The Bertz CT molecular complexity index is 1290. The van der Waals surface area contributed by atoms with Crippen molar-refractivity contribution >= 4 is 32.9 Å². The number of carbonyl (C=O) groups is 1. The van der Waals surface area contributed by atoms with E-state index in [2.05, 4.69) is 10.6 Å². The molecule has 0 unspecified atom stereocenters. The van der Waals surface area contributed by atoms with Gasteiger partial charge < -0.3 is 15.5 Å². The van der Waals surface area contributed by atoms with Crippen LogP contribution in [0.3, 0.4) is 0 Å². The molecule has 0 spiro atoms. The van der Waals surface area contributed by atoms with Gasteiger partial charge in [0.2, 0.25) is 0 Å². The summed E-state index contributed by atoms with van der Waals surface area (Å²) in [5, 5.41) is 4.97. The van der Waals surface area contributed by atoms with Gasteiger partial charge in [0, 0.05) is 18.8 Å². The van der Waals surface area contributed by atoms with Crippen LogP contribution in [0, 0.1) is 0 Å². The lowest BCUT2D eigenvalue weighted by Gasteiger charge is -2.27. The fourth-order valence-electron chi connectivity index (χ4n) is 3.33. The van der Waals surface area contributed by atoms with Gasteiger partial charge in [0.1, 0.15) is 0 Å². The minimum absolute atomic E-state index is 0.0108. The van der Waals surface area contributed by atoms with Gasteiger partial charge in [-0.05, 0) is 55.8 Å². The van der Waals surface area contributed by atoms with Gasteiger partial charge in [0.25, 0.3) is 0 Å². The molecular formula is C25H26F3N3O3S. The molecule has 186 valence electrons. The second-order valence-corrected chi connectivity index (χ2v) is 10.3. The lowest BCUT2D eigenvalue weighted by molar-refractivity contribution is -0.137. The number of anilines is 3. The molecule has 0 saturated heterocycles. The van der Waals surface area contributed by atoms with E-state index in [9.17, 15) is 26.4 Å². The SMILES string of the molecule is CC(C)N(C)c1ccc(S(=O)(=O)Cc2ccccc2)cc1NC(=O)Nc1cccc(C(F)(F)F)c1. The number of hydrogen-bond acceptors (Lipinski definition) is 4. The molecule has 3 aromatic rings. The van der Waals surface area contributed by atoms with Crippen molar-refractivity contribution < 1.29 is 26.4 Å². The Kier molecular flexibility index (Phi) is 7.74. The maximum atomic E-state index is 13.0. The van der Waals surface area contributed by atoms with Crippen LogP contribution in [0.5, 0.6) is 0 Å². The van der Waals surface area contributed by atoms with Gasteiger partial charge in [-0.3, -0.25) is 0 Å². The highest BCUT2D eigenvalue weighted by Gasteiger charge is 2.30. The van der Waals surface area contributed by atoms with E-state index in [4.69, 9.17) is 0 Å². The second kappa shape index (κ2) is 10.4. The molecule has 0 aliphatic carbocycles. The Morgan fingerprint density at radius 1 is 0.943 bits per heavy atom.